The Balaban J connectivity index is 1.66. The summed E-state index contributed by atoms with van der Waals surface area (Å²) >= 11 is 1.48. The second-order valence-corrected chi connectivity index (χ2v) is 8.32. The maximum atomic E-state index is 13.6. The summed E-state index contributed by atoms with van der Waals surface area (Å²) in [6.07, 6.45) is 0. The highest BCUT2D eigenvalue weighted by Crippen LogP contribution is 2.33. The van der Waals surface area contributed by atoms with Gasteiger partial charge in [0, 0.05) is 31.7 Å². The second-order valence-electron chi connectivity index (χ2n) is 7.31. The molecule has 0 saturated carbocycles. The van der Waals surface area contributed by atoms with Gasteiger partial charge in [-0.1, -0.05) is 11.3 Å². The molecule has 1 aliphatic rings. The number of anilines is 1. The van der Waals surface area contributed by atoms with Crippen LogP contribution in [0.5, 0.6) is 17.2 Å². The van der Waals surface area contributed by atoms with Crippen molar-refractivity contribution < 1.29 is 23.7 Å². The van der Waals surface area contributed by atoms with Crippen LogP contribution in [0, 0.1) is 0 Å². The number of rotatable bonds is 8. The van der Waals surface area contributed by atoms with Crippen LogP contribution in [-0.4, -0.2) is 76.5 Å². The first-order chi connectivity index (χ1) is 15.6. The molecule has 0 unspecified atom stereocenters. The molecule has 0 N–H and O–H groups in total. The van der Waals surface area contributed by atoms with Crippen LogP contribution in [0.15, 0.2) is 36.4 Å². The predicted octanol–water partition coefficient (Wildman–Crippen LogP) is 3.30. The van der Waals surface area contributed by atoms with Crippen LogP contribution in [-0.2, 0) is 4.74 Å². The predicted molar refractivity (Wildman–Crippen MR) is 125 cm³/mol. The van der Waals surface area contributed by atoms with E-state index >= 15 is 0 Å². The molecule has 0 spiro atoms. The van der Waals surface area contributed by atoms with Gasteiger partial charge in [-0.3, -0.25) is 14.6 Å². The molecule has 0 radical (unpaired) electrons. The number of hydrogen-bond donors (Lipinski definition) is 0. The zero-order valence-electron chi connectivity index (χ0n) is 18.5. The van der Waals surface area contributed by atoms with E-state index in [4.69, 9.17) is 23.9 Å². The van der Waals surface area contributed by atoms with Gasteiger partial charge < -0.3 is 18.9 Å². The Morgan fingerprint density at radius 3 is 2.56 bits per heavy atom. The molecular weight excluding hydrogens is 430 g/mol. The maximum Gasteiger partial charge on any atom is 0.260 e. The quantitative estimate of drug-likeness (QED) is 0.514. The van der Waals surface area contributed by atoms with Crippen molar-refractivity contribution in [1.82, 2.24) is 9.88 Å². The van der Waals surface area contributed by atoms with E-state index in [0.29, 0.717) is 42.0 Å². The van der Waals surface area contributed by atoms with Gasteiger partial charge in [0.2, 0.25) is 0 Å². The van der Waals surface area contributed by atoms with E-state index in [1.54, 1.807) is 44.4 Å². The molecule has 1 amide bonds. The Kier molecular flexibility index (Phi) is 7.09. The van der Waals surface area contributed by atoms with Gasteiger partial charge in [0.25, 0.3) is 5.91 Å². The van der Waals surface area contributed by atoms with Crippen molar-refractivity contribution in [1.29, 1.82) is 0 Å². The SMILES string of the molecule is COc1ccc2nc(N(CCN3CCOCC3)C(=O)c3ccc(OC)c(OC)c3)sc2c1. The van der Waals surface area contributed by atoms with E-state index in [2.05, 4.69) is 4.90 Å². The fourth-order valence-corrected chi connectivity index (χ4v) is 4.63. The molecule has 32 heavy (non-hydrogen) atoms. The average Bonchev–Trinajstić information content (AvgIpc) is 3.27. The summed E-state index contributed by atoms with van der Waals surface area (Å²) < 4.78 is 22.5. The number of aromatic nitrogens is 1. The van der Waals surface area contributed by atoms with Crippen molar-refractivity contribution in [3.05, 3.63) is 42.0 Å². The van der Waals surface area contributed by atoms with Gasteiger partial charge in [-0.05, 0) is 36.4 Å². The minimum absolute atomic E-state index is 0.134. The Morgan fingerprint density at radius 1 is 1.06 bits per heavy atom. The first kappa shape index (κ1) is 22.3. The maximum absolute atomic E-state index is 13.6. The lowest BCUT2D eigenvalue weighted by molar-refractivity contribution is 0.0391. The van der Waals surface area contributed by atoms with Gasteiger partial charge >= 0.3 is 0 Å². The van der Waals surface area contributed by atoms with Gasteiger partial charge in [0.1, 0.15) is 5.75 Å². The van der Waals surface area contributed by atoms with Gasteiger partial charge in [-0.25, -0.2) is 4.98 Å². The van der Waals surface area contributed by atoms with Crippen LogP contribution < -0.4 is 19.1 Å². The summed E-state index contributed by atoms with van der Waals surface area (Å²) in [5.74, 6) is 1.72. The molecule has 170 valence electrons. The summed E-state index contributed by atoms with van der Waals surface area (Å²) in [6.45, 7) is 4.39. The number of amides is 1. The largest absolute Gasteiger partial charge is 0.497 e. The van der Waals surface area contributed by atoms with Crippen LogP contribution in [0.25, 0.3) is 10.2 Å². The minimum atomic E-state index is -0.134. The number of thiazole rings is 1. The summed E-state index contributed by atoms with van der Waals surface area (Å²) in [4.78, 5) is 22.4. The van der Waals surface area contributed by atoms with Crippen LogP contribution in [0.2, 0.25) is 0 Å². The smallest absolute Gasteiger partial charge is 0.260 e. The average molecular weight is 458 g/mol. The topological polar surface area (TPSA) is 73.4 Å². The lowest BCUT2D eigenvalue weighted by Crippen LogP contribution is -2.43. The zero-order chi connectivity index (χ0) is 22.5. The van der Waals surface area contributed by atoms with Crippen LogP contribution in [0.3, 0.4) is 0 Å². The van der Waals surface area contributed by atoms with Crippen molar-refractivity contribution in [2.75, 3.05) is 65.6 Å². The molecule has 3 aromatic rings. The molecule has 0 aliphatic carbocycles. The Morgan fingerprint density at radius 2 is 1.84 bits per heavy atom. The molecule has 0 bridgehead atoms. The number of carbonyl (C=O) groups excluding carboxylic acids is 1. The van der Waals surface area contributed by atoms with Crippen molar-refractivity contribution in [3.63, 3.8) is 0 Å². The van der Waals surface area contributed by atoms with Crippen molar-refractivity contribution in [2.45, 2.75) is 0 Å². The third kappa shape index (κ3) is 4.79. The second kappa shape index (κ2) is 10.2. The van der Waals surface area contributed by atoms with Crippen LogP contribution >= 0.6 is 11.3 Å². The molecule has 0 atom stereocenters. The molecule has 8 nitrogen and oxygen atoms in total. The fraction of sp³-hybridized carbons (Fsp3) is 0.391. The number of carbonyl (C=O) groups is 1. The van der Waals surface area contributed by atoms with Crippen LogP contribution in [0.1, 0.15) is 10.4 Å². The summed E-state index contributed by atoms with van der Waals surface area (Å²) in [5, 5.41) is 0.654. The Hall–Kier alpha value is -2.88. The number of fused-ring (bicyclic) bond motifs is 1. The van der Waals surface area contributed by atoms with Crippen molar-refractivity contribution >= 4 is 32.6 Å². The molecule has 2 aromatic carbocycles. The molecule has 1 fully saturated rings. The highest BCUT2D eigenvalue weighted by molar-refractivity contribution is 7.22. The normalized spacial score (nSPS) is 14.3. The zero-order valence-corrected chi connectivity index (χ0v) is 19.3. The van der Waals surface area contributed by atoms with Crippen molar-refractivity contribution in [3.8, 4) is 17.2 Å². The lowest BCUT2D eigenvalue weighted by atomic mass is 10.1. The van der Waals surface area contributed by atoms with Gasteiger partial charge in [0.05, 0.1) is 44.8 Å². The van der Waals surface area contributed by atoms with E-state index in [9.17, 15) is 4.79 Å². The first-order valence-corrected chi connectivity index (χ1v) is 11.2. The van der Waals surface area contributed by atoms with Gasteiger partial charge in [-0.15, -0.1) is 0 Å². The van der Waals surface area contributed by atoms with Crippen molar-refractivity contribution in [2.24, 2.45) is 0 Å². The van der Waals surface area contributed by atoms with E-state index in [1.165, 1.54) is 11.3 Å². The molecule has 4 rings (SSSR count). The lowest BCUT2D eigenvalue weighted by Gasteiger charge is -2.29. The monoisotopic (exact) mass is 457 g/mol. The number of hydrogen-bond acceptors (Lipinski definition) is 8. The third-order valence-electron chi connectivity index (χ3n) is 5.43. The summed E-state index contributed by atoms with van der Waals surface area (Å²) in [7, 11) is 4.77. The molecule has 1 aromatic heterocycles. The molecule has 1 aliphatic heterocycles. The summed E-state index contributed by atoms with van der Waals surface area (Å²) in [5.41, 5.74) is 1.35. The van der Waals surface area contributed by atoms with Gasteiger partial charge in [-0.2, -0.15) is 0 Å². The standard InChI is InChI=1S/C23H27N3O5S/c1-28-17-5-6-18-21(15-17)32-23(24-18)26(9-8-25-10-12-31-13-11-25)22(27)16-4-7-19(29-2)20(14-16)30-3/h4-7,14-15H,8-13H2,1-3H3. The number of ether oxygens (including phenoxy) is 4. The first-order valence-electron chi connectivity index (χ1n) is 10.4. The van der Waals surface area contributed by atoms with E-state index in [0.717, 1.165) is 35.6 Å². The number of nitrogens with zero attached hydrogens (tertiary/aromatic N) is 3. The van der Waals surface area contributed by atoms with E-state index in [-0.39, 0.29) is 5.91 Å². The minimum Gasteiger partial charge on any atom is -0.497 e. The van der Waals surface area contributed by atoms with Crippen LogP contribution in [0.4, 0.5) is 5.13 Å². The molecule has 2 heterocycles. The molecular formula is C23H27N3O5S. The Labute approximate surface area is 191 Å². The molecule has 9 heteroatoms. The highest BCUT2D eigenvalue weighted by atomic mass is 32.1. The fourth-order valence-electron chi connectivity index (χ4n) is 3.61. The molecule has 1 saturated heterocycles. The van der Waals surface area contributed by atoms with E-state index in [1.807, 2.05) is 18.2 Å². The number of benzene rings is 2. The third-order valence-corrected chi connectivity index (χ3v) is 6.48. The Bertz CT molecular complexity index is 1080. The van der Waals surface area contributed by atoms with E-state index < -0.39 is 0 Å². The van der Waals surface area contributed by atoms with Gasteiger partial charge in [0.15, 0.2) is 16.6 Å². The summed E-state index contributed by atoms with van der Waals surface area (Å²) in [6, 6.07) is 10.9. The number of morpholine rings is 1. The number of methoxy groups -OCH3 is 3. The highest BCUT2D eigenvalue weighted by Gasteiger charge is 2.24.